The number of carbonyl (C=O) groups excluding carboxylic acids is 1. The molecule has 7 nitrogen and oxygen atoms in total. The Labute approximate surface area is 186 Å². The molecule has 0 saturated heterocycles. The highest BCUT2D eigenvalue weighted by Gasteiger charge is 2.06. The van der Waals surface area contributed by atoms with Gasteiger partial charge in [0.2, 0.25) is 5.91 Å². The van der Waals surface area contributed by atoms with Gasteiger partial charge in [-0.15, -0.1) is 24.0 Å². The molecule has 8 heteroatoms. The minimum absolute atomic E-state index is 0. The molecule has 0 aliphatic carbocycles. The number of hydrogen-bond acceptors (Lipinski definition) is 4. The van der Waals surface area contributed by atoms with Crippen molar-refractivity contribution in [1.29, 1.82) is 0 Å². The maximum absolute atomic E-state index is 11.8. The number of hydrogen-bond donors (Lipinski definition) is 2. The Kier molecular flexibility index (Phi) is 14.5. The zero-order valence-corrected chi connectivity index (χ0v) is 20.0. The van der Waals surface area contributed by atoms with E-state index < -0.39 is 0 Å². The second-order valence-corrected chi connectivity index (χ2v) is 6.90. The van der Waals surface area contributed by atoms with Crippen LogP contribution >= 0.6 is 24.0 Å². The van der Waals surface area contributed by atoms with Crippen LogP contribution in [0.3, 0.4) is 0 Å². The number of aliphatic imine (C=N–C) groups is 1. The predicted octanol–water partition coefficient (Wildman–Crippen LogP) is 2.50. The van der Waals surface area contributed by atoms with E-state index in [0.29, 0.717) is 25.0 Å². The van der Waals surface area contributed by atoms with Crippen molar-refractivity contribution in [3.05, 3.63) is 29.8 Å². The SMILES string of the molecule is COc1ccc(CN=C(NCCCOCC(C)C)NCC(=O)N(C)C)cc1.I. The van der Waals surface area contributed by atoms with Crippen molar-refractivity contribution in [2.24, 2.45) is 10.9 Å². The topological polar surface area (TPSA) is 75.2 Å². The van der Waals surface area contributed by atoms with E-state index in [-0.39, 0.29) is 36.4 Å². The molecular formula is C20H35IN4O3. The molecule has 0 aliphatic rings. The van der Waals surface area contributed by atoms with E-state index in [1.54, 1.807) is 26.1 Å². The van der Waals surface area contributed by atoms with Crippen molar-refractivity contribution in [1.82, 2.24) is 15.5 Å². The number of guanidine groups is 1. The number of ether oxygens (including phenoxy) is 2. The number of halogens is 1. The maximum atomic E-state index is 11.8. The molecule has 160 valence electrons. The molecule has 0 saturated carbocycles. The molecule has 0 aromatic heterocycles. The Hall–Kier alpha value is -1.55. The third-order valence-corrected chi connectivity index (χ3v) is 3.69. The van der Waals surface area contributed by atoms with Gasteiger partial charge in [-0.2, -0.15) is 0 Å². The first-order valence-electron chi connectivity index (χ1n) is 9.35. The smallest absolute Gasteiger partial charge is 0.241 e. The third kappa shape index (κ3) is 12.0. The van der Waals surface area contributed by atoms with Crippen LogP contribution in [0.1, 0.15) is 25.8 Å². The number of rotatable bonds is 11. The van der Waals surface area contributed by atoms with Gasteiger partial charge in [-0.05, 0) is 30.0 Å². The number of nitrogens with zero attached hydrogens (tertiary/aromatic N) is 2. The Morgan fingerprint density at radius 2 is 1.86 bits per heavy atom. The second-order valence-electron chi connectivity index (χ2n) is 6.90. The lowest BCUT2D eigenvalue weighted by atomic mass is 10.2. The van der Waals surface area contributed by atoms with Crippen LogP contribution in [0.25, 0.3) is 0 Å². The second kappa shape index (κ2) is 15.4. The van der Waals surface area contributed by atoms with E-state index in [4.69, 9.17) is 9.47 Å². The van der Waals surface area contributed by atoms with Crippen LogP contribution in [-0.4, -0.2) is 64.3 Å². The molecule has 0 spiro atoms. The molecule has 0 aliphatic heterocycles. The molecule has 0 atom stereocenters. The Balaban J connectivity index is 0.00000729. The van der Waals surface area contributed by atoms with Gasteiger partial charge in [0.25, 0.3) is 0 Å². The molecule has 0 radical (unpaired) electrons. The van der Waals surface area contributed by atoms with E-state index in [1.165, 1.54) is 0 Å². The van der Waals surface area contributed by atoms with E-state index >= 15 is 0 Å². The van der Waals surface area contributed by atoms with Crippen molar-refractivity contribution in [3.63, 3.8) is 0 Å². The molecule has 0 fully saturated rings. The monoisotopic (exact) mass is 506 g/mol. The van der Waals surface area contributed by atoms with E-state index in [9.17, 15) is 4.79 Å². The van der Waals surface area contributed by atoms with Gasteiger partial charge >= 0.3 is 0 Å². The van der Waals surface area contributed by atoms with Gasteiger partial charge in [-0.3, -0.25) is 4.79 Å². The molecule has 1 aromatic rings. The number of methoxy groups -OCH3 is 1. The fourth-order valence-electron chi connectivity index (χ4n) is 2.09. The first kappa shape index (κ1) is 26.4. The van der Waals surface area contributed by atoms with Gasteiger partial charge in [0.05, 0.1) is 20.2 Å². The number of nitrogens with one attached hydrogen (secondary N) is 2. The summed E-state index contributed by atoms with van der Waals surface area (Å²) in [6.07, 6.45) is 0.873. The largest absolute Gasteiger partial charge is 0.497 e. The first-order valence-corrected chi connectivity index (χ1v) is 9.35. The highest BCUT2D eigenvalue weighted by Crippen LogP contribution is 2.11. The molecule has 2 N–H and O–H groups in total. The minimum Gasteiger partial charge on any atom is -0.497 e. The average Bonchev–Trinajstić information content (AvgIpc) is 2.65. The highest BCUT2D eigenvalue weighted by atomic mass is 127. The zero-order chi connectivity index (χ0) is 20.1. The van der Waals surface area contributed by atoms with E-state index in [2.05, 4.69) is 29.5 Å². The Morgan fingerprint density at radius 1 is 1.18 bits per heavy atom. The average molecular weight is 506 g/mol. The van der Waals surface area contributed by atoms with Crippen molar-refractivity contribution in [2.75, 3.05) is 47.5 Å². The quantitative estimate of drug-likeness (QED) is 0.209. The van der Waals surface area contributed by atoms with Gasteiger partial charge < -0.3 is 25.0 Å². The molecule has 0 unspecified atom stereocenters. The lowest BCUT2D eigenvalue weighted by Gasteiger charge is -2.15. The summed E-state index contributed by atoms with van der Waals surface area (Å²) in [5, 5.41) is 6.34. The van der Waals surface area contributed by atoms with Crippen LogP contribution in [0, 0.1) is 5.92 Å². The summed E-state index contributed by atoms with van der Waals surface area (Å²) in [4.78, 5) is 17.9. The molecule has 1 aromatic carbocycles. The van der Waals surface area contributed by atoms with Crippen molar-refractivity contribution in [3.8, 4) is 5.75 Å². The van der Waals surface area contributed by atoms with Gasteiger partial charge in [0, 0.05) is 33.9 Å². The molecule has 0 bridgehead atoms. The van der Waals surface area contributed by atoms with Crippen LogP contribution in [0.15, 0.2) is 29.3 Å². The summed E-state index contributed by atoms with van der Waals surface area (Å²) in [5.41, 5.74) is 1.07. The van der Waals surface area contributed by atoms with Gasteiger partial charge in [-0.1, -0.05) is 26.0 Å². The fraction of sp³-hybridized carbons (Fsp3) is 0.600. The number of benzene rings is 1. The van der Waals surface area contributed by atoms with Gasteiger partial charge in [0.15, 0.2) is 5.96 Å². The molecule has 1 amide bonds. The maximum Gasteiger partial charge on any atom is 0.241 e. The van der Waals surface area contributed by atoms with Crippen LogP contribution in [0.5, 0.6) is 5.75 Å². The molecule has 28 heavy (non-hydrogen) atoms. The lowest BCUT2D eigenvalue weighted by Crippen LogP contribution is -2.43. The van der Waals surface area contributed by atoms with Crippen molar-refractivity contribution >= 4 is 35.8 Å². The summed E-state index contributed by atoms with van der Waals surface area (Å²) in [5.74, 6) is 1.97. The summed E-state index contributed by atoms with van der Waals surface area (Å²) in [6, 6.07) is 7.77. The van der Waals surface area contributed by atoms with Crippen LogP contribution in [0.2, 0.25) is 0 Å². The van der Waals surface area contributed by atoms with Gasteiger partial charge in [0.1, 0.15) is 5.75 Å². The first-order chi connectivity index (χ1) is 12.9. The fourth-order valence-corrected chi connectivity index (χ4v) is 2.09. The molecule has 1 rings (SSSR count). The van der Waals surface area contributed by atoms with E-state index in [0.717, 1.165) is 30.9 Å². The summed E-state index contributed by atoms with van der Waals surface area (Å²) in [6.45, 7) is 7.18. The van der Waals surface area contributed by atoms with Crippen LogP contribution in [0.4, 0.5) is 0 Å². The molecular weight excluding hydrogens is 471 g/mol. The standard InChI is InChI=1S/C20H34N4O3.HI/c1-16(2)15-27-12-6-11-21-20(23-14-19(25)24(3)4)22-13-17-7-9-18(26-5)10-8-17;/h7-10,16H,6,11-15H2,1-5H3,(H2,21,22,23);1H. The van der Waals surface area contributed by atoms with Gasteiger partial charge in [-0.25, -0.2) is 4.99 Å². The van der Waals surface area contributed by atoms with Crippen molar-refractivity contribution in [2.45, 2.75) is 26.8 Å². The highest BCUT2D eigenvalue weighted by molar-refractivity contribution is 14.0. The minimum atomic E-state index is -0.00536. The van der Waals surface area contributed by atoms with Crippen LogP contribution < -0.4 is 15.4 Å². The number of amides is 1. The van der Waals surface area contributed by atoms with E-state index in [1.807, 2.05) is 24.3 Å². The Bertz CT molecular complexity index is 577. The summed E-state index contributed by atoms with van der Waals surface area (Å²) < 4.78 is 10.8. The summed E-state index contributed by atoms with van der Waals surface area (Å²) >= 11 is 0. The predicted molar refractivity (Wildman–Crippen MR) is 125 cm³/mol. The normalized spacial score (nSPS) is 11.0. The lowest BCUT2D eigenvalue weighted by molar-refractivity contribution is -0.127. The van der Waals surface area contributed by atoms with Crippen molar-refractivity contribution < 1.29 is 14.3 Å². The third-order valence-electron chi connectivity index (χ3n) is 3.69. The molecule has 0 heterocycles. The van der Waals surface area contributed by atoms with Crippen LogP contribution in [-0.2, 0) is 16.1 Å². The number of carbonyl (C=O) groups is 1. The summed E-state index contributed by atoms with van der Waals surface area (Å²) in [7, 11) is 5.11. The zero-order valence-electron chi connectivity index (χ0n) is 17.7. The Morgan fingerprint density at radius 3 is 2.43 bits per heavy atom. The number of likely N-dealkylation sites (N-methyl/N-ethyl adjacent to an activating group) is 1.